The van der Waals surface area contributed by atoms with Gasteiger partial charge in [0.2, 0.25) is 0 Å². The molecule has 1 aliphatic heterocycles. The van der Waals surface area contributed by atoms with E-state index >= 15 is 0 Å². The molecule has 1 fully saturated rings. The SMILES string of the molecule is Cc1csc(N2CCN(C(=O)c3c(-c4ccccc4)noc3C)CC2)n1. The van der Waals surface area contributed by atoms with Gasteiger partial charge in [0.25, 0.3) is 5.91 Å². The van der Waals surface area contributed by atoms with Crippen molar-refractivity contribution in [3.8, 4) is 11.3 Å². The average molecular weight is 368 g/mol. The molecule has 134 valence electrons. The van der Waals surface area contributed by atoms with E-state index in [1.54, 1.807) is 18.3 Å². The van der Waals surface area contributed by atoms with Crippen LogP contribution in [0.4, 0.5) is 5.13 Å². The smallest absolute Gasteiger partial charge is 0.259 e. The first-order valence-corrected chi connectivity index (χ1v) is 9.49. The molecule has 0 aliphatic carbocycles. The molecule has 1 saturated heterocycles. The van der Waals surface area contributed by atoms with Crippen molar-refractivity contribution in [1.29, 1.82) is 0 Å². The average Bonchev–Trinajstić information content (AvgIpc) is 3.28. The highest BCUT2D eigenvalue weighted by molar-refractivity contribution is 7.13. The Hall–Kier alpha value is -2.67. The summed E-state index contributed by atoms with van der Waals surface area (Å²) in [6, 6.07) is 9.69. The molecule has 0 bridgehead atoms. The van der Waals surface area contributed by atoms with Gasteiger partial charge in [-0.05, 0) is 13.8 Å². The summed E-state index contributed by atoms with van der Waals surface area (Å²) in [7, 11) is 0. The first kappa shape index (κ1) is 16.8. The predicted molar refractivity (Wildman–Crippen MR) is 102 cm³/mol. The van der Waals surface area contributed by atoms with Gasteiger partial charge in [0.05, 0.1) is 5.69 Å². The van der Waals surface area contributed by atoms with Crippen LogP contribution in [0.2, 0.25) is 0 Å². The van der Waals surface area contributed by atoms with E-state index in [0.29, 0.717) is 30.1 Å². The lowest BCUT2D eigenvalue weighted by Gasteiger charge is -2.34. The Bertz CT molecular complexity index is 911. The van der Waals surface area contributed by atoms with Crippen molar-refractivity contribution < 1.29 is 9.32 Å². The number of carbonyl (C=O) groups excluding carboxylic acids is 1. The lowest BCUT2D eigenvalue weighted by atomic mass is 10.0. The zero-order valence-corrected chi connectivity index (χ0v) is 15.6. The van der Waals surface area contributed by atoms with E-state index in [4.69, 9.17) is 4.52 Å². The van der Waals surface area contributed by atoms with Crippen LogP contribution in [-0.2, 0) is 0 Å². The molecular weight excluding hydrogens is 348 g/mol. The highest BCUT2D eigenvalue weighted by Gasteiger charge is 2.29. The maximum atomic E-state index is 13.1. The number of aryl methyl sites for hydroxylation is 2. The fourth-order valence-electron chi connectivity index (χ4n) is 3.16. The van der Waals surface area contributed by atoms with Gasteiger partial charge in [-0.2, -0.15) is 0 Å². The van der Waals surface area contributed by atoms with Gasteiger partial charge >= 0.3 is 0 Å². The van der Waals surface area contributed by atoms with Crippen LogP contribution < -0.4 is 4.90 Å². The Morgan fingerprint density at radius 1 is 1.12 bits per heavy atom. The summed E-state index contributed by atoms with van der Waals surface area (Å²) in [4.78, 5) is 21.8. The van der Waals surface area contributed by atoms with Crippen molar-refractivity contribution in [2.45, 2.75) is 13.8 Å². The standard InChI is InChI=1S/C19H20N4O2S/c1-13-12-26-19(20-13)23-10-8-22(9-11-23)18(24)16-14(2)25-21-17(16)15-6-4-3-5-7-15/h3-7,12H,8-11H2,1-2H3. The minimum atomic E-state index is -0.0161. The van der Waals surface area contributed by atoms with Gasteiger partial charge in [-0.25, -0.2) is 4.98 Å². The van der Waals surface area contributed by atoms with Gasteiger partial charge in [0.15, 0.2) is 5.13 Å². The van der Waals surface area contributed by atoms with Gasteiger partial charge in [0, 0.05) is 37.1 Å². The van der Waals surface area contributed by atoms with E-state index in [-0.39, 0.29) is 5.91 Å². The van der Waals surface area contributed by atoms with E-state index in [2.05, 4.69) is 20.4 Å². The van der Waals surface area contributed by atoms with Gasteiger partial charge in [-0.3, -0.25) is 4.79 Å². The first-order valence-electron chi connectivity index (χ1n) is 8.61. The van der Waals surface area contributed by atoms with Crippen molar-refractivity contribution in [3.05, 3.63) is 52.7 Å². The molecule has 0 saturated carbocycles. The number of hydrogen-bond acceptors (Lipinski definition) is 6. The number of carbonyl (C=O) groups is 1. The molecule has 1 aromatic carbocycles. The van der Waals surface area contributed by atoms with Crippen molar-refractivity contribution in [2.24, 2.45) is 0 Å². The quantitative estimate of drug-likeness (QED) is 0.709. The van der Waals surface area contributed by atoms with Gasteiger partial charge < -0.3 is 14.3 Å². The zero-order valence-electron chi connectivity index (χ0n) is 14.8. The van der Waals surface area contributed by atoms with Crippen LogP contribution in [0.25, 0.3) is 11.3 Å². The van der Waals surface area contributed by atoms with E-state index in [1.807, 2.05) is 42.2 Å². The third kappa shape index (κ3) is 3.10. The van der Waals surface area contributed by atoms with E-state index in [1.165, 1.54) is 0 Å². The molecule has 26 heavy (non-hydrogen) atoms. The Morgan fingerprint density at radius 2 is 1.85 bits per heavy atom. The summed E-state index contributed by atoms with van der Waals surface area (Å²) >= 11 is 1.65. The Balaban J connectivity index is 1.52. The fraction of sp³-hybridized carbons (Fsp3) is 0.316. The van der Waals surface area contributed by atoms with Gasteiger partial charge in [-0.15, -0.1) is 11.3 Å². The second kappa shape index (κ2) is 6.92. The van der Waals surface area contributed by atoms with Crippen LogP contribution in [0, 0.1) is 13.8 Å². The highest BCUT2D eigenvalue weighted by Crippen LogP contribution is 2.27. The molecule has 6 nitrogen and oxygen atoms in total. The maximum absolute atomic E-state index is 13.1. The maximum Gasteiger partial charge on any atom is 0.259 e. The molecule has 0 radical (unpaired) electrons. The summed E-state index contributed by atoms with van der Waals surface area (Å²) < 4.78 is 5.34. The Morgan fingerprint density at radius 3 is 2.50 bits per heavy atom. The van der Waals surface area contributed by atoms with Crippen LogP contribution in [0.1, 0.15) is 21.8 Å². The molecule has 3 aromatic rings. The number of piperazine rings is 1. The van der Waals surface area contributed by atoms with Gasteiger partial charge in [-0.1, -0.05) is 35.5 Å². The molecule has 1 amide bonds. The molecule has 0 spiro atoms. The number of amides is 1. The fourth-order valence-corrected chi connectivity index (χ4v) is 4.02. The van der Waals surface area contributed by atoms with Crippen molar-refractivity contribution in [2.75, 3.05) is 31.1 Å². The second-order valence-electron chi connectivity index (χ2n) is 6.38. The van der Waals surface area contributed by atoms with Gasteiger partial charge in [0.1, 0.15) is 17.0 Å². The Labute approximate surface area is 156 Å². The first-order chi connectivity index (χ1) is 12.6. The van der Waals surface area contributed by atoms with Crippen molar-refractivity contribution in [1.82, 2.24) is 15.0 Å². The molecule has 3 heterocycles. The molecule has 2 aromatic heterocycles. The summed E-state index contributed by atoms with van der Waals surface area (Å²) in [6.45, 7) is 6.68. The van der Waals surface area contributed by atoms with E-state index in [0.717, 1.165) is 29.5 Å². The summed E-state index contributed by atoms with van der Waals surface area (Å²) in [6.07, 6.45) is 0. The number of rotatable bonds is 3. The highest BCUT2D eigenvalue weighted by atomic mass is 32.1. The number of benzene rings is 1. The van der Waals surface area contributed by atoms with Crippen LogP contribution in [-0.4, -0.2) is 47.1 Å². The molecular formula is C19H20N4O2S. The number of aromatic nitrogens is 2. The third-order valence-electron chi connectivity index (χ3n) is 4.57. The van der Waals surface area contributed by atoms with E-state index in [9.17, 15) is 4.79 Å². The van der Waals surface area contributed by atoms with Crippen LogP contribution in [0.5, 0.6) is 0 Å². The minimum Gasteiger partial charge on any atom is -0.360 e. The second-order valence-corrected chi connectivity index (χ2v) is 7.22. The lowest BCUT2D eigenvalue weighted by Crippen LogP contribution is -2.49. The van der Waals surface area contributed by atoms with E-state index < -0.39 is 0 Å². The number of hydrogen-bond donors (Lipinski definition) is 0. The Kier molecular flexibility index (Phi) is 4.46. The molecule has 0 N–H and O–H groups in total. The molecule has 0 atom stereocenters. The monoisotopic (exact) mass is 368 g/mol. The number of nitrogens with zero attached hydrogens (tertiary/aromatic N) is 4. The topological polar surface area (TPSA) is 62.5 Å². The third-order valence-corrected chi connectivity index (χ3v) is 5.59. The molecule has 0 unspecified atom stereocenters. The lowest BCUT2D eigenvalue weighted by molar-refractivity contribution is 0.0745. The normalized spacial score (nSPS) is 14.7. The summed E-state index contributed by atoms with van der Waals surface area (Å²) in [5.41, 5.74) is 3.11. The van der Waals surface area contributed by atoms with Crippen LogP contribution >= 0.6 is 11.3 Å². The predicted octanol–water partition coefficient (Wildman–Crippen LogP) is 3.38. The molecule has 4 rings (SSSR count). The minimum absolute atomic E-state index is 0.0161. The summed E-state index contributed by atoms with van der Waals surface area (Å²) in [5.74, 6) is 0.546. The van der Waals surface area contributed by atoms with Crippen LogP contribution in [0.15, 0.2) is 40.2 Å². The summed E-state index contributed by atoms with van der Waals surface area (Å²) in [5, 5.41) is 7.21. The van der Waals surface area contributed by atoms with Crippen molar-refractivity contribution in [3.63, 3.8) is 0 Å². The molecule has 7 heteroatoms. The number of anilines is 1. The van der Waals surface area contributed by atoms with Crippen LogP contribution in [0.3, 0.4) is 0 Å². The molecule has 1 aliphatic rings. The zero-order chi connectivity index (χ0) is 18.1. The van der Waals surface area contributed by atoms with Crippen molar-refractivity contribution >= 4 is 22.4 Å². The largest absolute Gasteiger partial charge is 0.360 e. The number of thiazole rings is 1.